The number of nitrogens with zero attached hydrogens (tertiary/aromatic N) is 2. The molecule has 0 spiro atoms. The first-order chi connectivity index (χ1) is 12.9. The molecule has 27 heavy (non-hydrogen) atoms. The molecule has 0 N–H and O–H groups in total. The third-order valence-electron chi connectivity index (χ3n) is 4.27. The third kappa shape index (κ3) is 4.55. The van der Waals surface area contributed by atoms with Crippen molar-refractivity contribution in [3.8, 4) is 0 Å². The normalized spacial score (nSPS) is 16.0. The van der Waals surface area contributed by atoms with Gasteiger partial charge in [0.15, 0.2) is 0 Å². The first kappa shape index (κ1) is 19.5. The fourth-order valence-electron chi connectivity index (χ4n) is 2.83. The zero-order valence-corrected chi connectivity index (χ0v) is 16.0. The van der Waals surface area contributed by atoms with E-state index in [1.54, 1.807) is 29.2 Å². The Balaban J connectivity index is 1.63. The van der Waals surface area contributed by atoms with E-state index in [0.717, 1.165) is 0 Å². The maximum Gasteiger partial charge on any atom is 0.246 e. The lowest BCUT2D eigenvalue weighted by atomic mass is 10.2. The molecular weight excluding hydrogens is 391 g/mol. The molecule has 0 aromatic heterocycles. The Morgan fingerprint density at radius 2 is 1.74 bits per heavy atom. The quantitative estimate of drug-likeness (QED) is 0.731. The molecule has 0 unspecified atom stereocenters. The number of piperazine rings is 1. The molecule has 1 heterocycles. The van der Waals surface area contributed by atoms with E-state index < -0.39 is 10.0 Å². The summed E-state index contributed by atoms with van der Waals surface area (Å²) in [5, 5.41) is 0.175. The molecular formula is C19H18ClFN2O3S. The molecule has 5 nitrogen and oxygen atoms in total. The van der Waals surface area contributed by atoms with Gasteiger partial charge in [0.05, 0.1) is 5.02 Å². The number of hydrogen-bond donors (Lipinski definition) is 0. The minimum atomic E-state index is -3.70. The Morgan fingerprint density at radius 1 is 1.04 bits per heavy atom. The van der Waals surface area contributed by atoms with Gasteiger partial charge in [-0.1, -0.05) is 35.9 Å². The van der Waals surface area contributed by atoms with Gasteiger partial charge in [0.1, 0.15) is 10.7 Å². The van der Waals surface area contributed by atoms with Crippen LogP contribution < -0.4 is 0 Å². The second-order valence-electron chi connectivity index (χ2n) is 6.05. The van der Waals surface area contributed by atoms with Crippen LogP contribution in [0.5, 0.6) is 0 Å². The number of rotatable bonds is 4. The van der Waals surface area contributed by atoms with Crippen LogP contribution in [0.4, 0.5) is 4.39 Å². The maximum absolute atomic E-state index is 13.2. The molecule has 1 aliphatic rings. The standard InChI is InChI=1S/C19H18ClFN2O3S/c20-17-6-1-2-7-18(17)27(25,26)23-12-10-22(11-13-23)19(24)9-8-15-4-3-5-16(21)14-15/h1-9,14H,10-13H2/b9-8+. The van der Waals surface area contributed by atoms with E-state index in [4.69, 9.17) is 11.6 Å². The predicted octanol–water partition coefficient (Wildman–Crippen LogP) is 3.03. The van der Waals surface area contributed by atoms with Gasteiger partial charge in [-0.15, -0.1) is 0 Å². The summed E-state index contributed by atoms with van der Waals surface area (Å²) in [7, 11) is -3.70. The number of hydrogen-bond acceptors (Lipinski definition) is 3. The molecule has 1 fully saturated rings. The summed E-state index contributed by atoms with van der Waals surface area (Å²) in [5.41, 5.74) is 0.586. The van der Waals surface area contributed by atoms with E-state index in [-0.39, 0.29) is 47.8 Å². The molecule has 1 saturated heterocycles. The maximum atomic E-state index is 13.2. The van der Waals surface area contributed by atoms with E-state index in [1.807, 2.05) is 0 Å². The third-order valence-corrected chi connectivity index (χ3v) is 6.67. The first-order valence-electron chi connectivity index (χ1n) is 8.35. The summed E-state index contributed by atoms with van der Waals surface area (Å²) < 4.78 is 39.9. The van der Waals surface area contributed by atoms with Crippen LogP contribution in [-0.4, -0.2) is 49.7 Å². The number of carbonyl (C=O) groups excluding carboxylic acids is 1. The molecule has 2 aromatic rings. The van der Waals surface area contributed by atoms with Gasteiger partial charge < -0.3 is 4.90 Å². The number of benzene rings is 2. The number of amides is 1. The Morgan fingerprint density at radius 3 is 2.41 bits per heavy atom. The van der Waals surface area contributed by atoms with Crippen molar-refractivity contribution in [3.05, 3.63) is 71.0 Å². The average Bonchev–Trinajstić information content (AvgIpc) is 2.66. The van der Waals surface area contributed by atoms with E-state index >= 15 is 0 Å². The largest absolute Gasteiger partial charge is 0.337 e. The van der Waals surface area contributed by atoms with E-state index in [1.165, 1.54) is 40.7 Å². The van der Waals surface area contributed by atoms with Crippen LogP contribution in [0.2, 0.25) is 5.02 Å². The van der Waals surface area contributed by atoms with Crippen molar-refractivity contribution < 1.29 is 17.6 Å². The SMILES string of the molecule is O=C(/C=C/c1cccc(F)c1)N1CCN(S(=O)(=O)c2ccccc2Cl)CC1. The first-order valence-corrected chi connectivity index (χ1v) is 10.2. The predicted molar refractivity (Wildman–Crippen MR) is 102 cm³/mol. The highest BCUT2D eigenvalue weighted by Crippen LogP contribution is 2.25. The Kier molecular flexibility index (Phi) is 5.94. The molecule has 0 atom stereocenters. The van der Waals surface area contributed by atoms with Crippen LogP contribution in [0.25, 0.3) is 6.08 Å². The molecule has 1 amide bonds. The van der Waals surface area contributed by atoms with Crippen LogP contribution in [0.1, 0.15) is 5.56 Å². The summed E-state index contributed by atoms with van der Waals surface area (Å²) in [6, 6.07) is 12.2. The van der Waals surface area contributed by atoms with E-state index in [2.05, 4.69) is 0 Å². The Bertz CT molecular complexity index is 970. The van der Waals surface area contributed by atoms with Crippen molar-refractivity contribution in [2.45, 2.75) is 4.90 Å². The highest BCUT2D eigenvalue weighted by atomic mass is 35.5. The Labute approximate surface area is 162 Å². The van der Waals surface area contributed by atoms with Gasteiger partial charge in [0.2, 0.25) is 15.9 Å². The molecule has 0 saturated carbocycles. The van der Waals surface area contributed by atoms with Crippen molar-refractivity contribution in [3.63, 3.8) is 0 Å². The van der Waals surface area contributed by atoms with Crippen molar-refractivity contribution in [2.75, 3.05) is 26.2 Å². The van der Waals surface area contributed by atoms with Gasteiger partial charge in [-0.25, -0.2) is 12.8 Å². The molecule has 142 valence electrons. The van der Waals surface area contributed by atoms with E-state index in [9.17, 15) is 17.6 Å². The van der Waals surface area contributed by atoms with Crippen LogP contribution in [-0.2, 0) is 14.8 Å². The van der Waals surface area contributed by atoms with E-state index in [0.29, 0.717) is 5.56 Å². The van der Waals surface area contributed by atoms with Gasteiger partial charge in [0, 0.05) is 32.3 Å². The van der Waals surface area contributed by atoms with Crippen molar-refractivity contribution in [2.24, 2.45) is 0 Å². The van der Waals surface area contributed by atoms with Gasteiger partial charge >= 0.3 is 0 Å². The van der Waals surface area contributed by atoms with Gasteiger partial charge in [-0.2, -0.15) is 4.31 Å². The summed E-state index contributed by atoms with van der Waals surface area (Å²) in [5.74, 6) is -0.614. The molecule has 0 aliphatic carbocycles. The monoisotopic (exact) mass is 408 g/mol. The van der Waals surface area contributed by atoms with Crippen molar-refractivity contribution >= 4 is 33.6 Å². The topological polar surface area (TPSA) is 57.7 Å². The molecule has 3 rings (SSSR count). The molecule has 2 aromatic carbocycles. The van der Waals surface area contributed by atoms with Gasteiger partial charge in [-0.05, 0) is 35.9 Å². The molecule has 8 heteroatoms. The van der Waals surface area contributed by atoms with Crippen LogP contribution in [0.3, 0.4) is 0 Å². The summed E-state index contributed by atoms with van der Waals surface area (Å²) in [6.45, 7) is 0.923. The van der Waals surface area contributed by atoms with Crippen LogP contribution in [0, 0.1) is 5.82 Å². The van der Waals surface area contributed by atoms with Crippen molar-refractivity contribution in [1.29, 1.82) is 0 Å². The highest BCUT2D eigenvalue weighted by Gasteiger charge is 2.30. The highest BCUT2D eigenvalue weighted by molar-refractivity contribution is 7.89. The number of carbonyl (C=O) groups is 1. The molecule has 0 bridgehead atoms. The smallest absolute Gasteiger partial charge is 0.246 e. The second kappa shape index (κ2) is 8.21. The average molecular weight is 409 g/mol. The lowest BCUT2D eigenvalue weighted by Crippen LogP contribution is -2.50. The number of halogens is 2. The lowest BCUT2D eigenvalue weighted by Gasteiger charge is -2.33. The molecule has 0 radical (unpaired) electrons. The zero-order valence-electron chi connectivity index (χ0n) is 14.4. The Hall–Kier alpha value is -2.22. The van der Waals surface area contributed by atoms with Crippen LogP contribution >= 0.6 is 11.6 Å². The summed E-state index contributed by atoms with van der Waals surface area (Å²) >= 11 is 6.01. The lowest BCUT2D eigenvalue weighted by molar-refractivity contribution is -0.127. The number of sulfonamides is 1. The zero-order chi connectivity index (χ0) is 19.4. The van der Waals surface area contributed by atoms with Crippen molar-refractivity contribution in [1.82, 2.24) is 9.21 Å². The minimum Gasteiger partial charge on any atom is -0.337 e. The fourth-order valence-corrected chi connectivity index (χ4v) is 4.74. The fraction of sp³-hybridized carbons (Fsp3) is 0.211. The van der Waals surface area contributed by atoms with Gasteiger partial charge in [-0.3, -0.25) is 4.79 Å². The summed E-state index contributed by atoms with van der Waals surface area (Å²) in [4.78, 5) is 13.9. The van der Waals surface area contributed by atoms with Crippen LogP contribution in [0.15, 0.2) is 59.5 Å². The second-order valence-corrected chi connectivity index (χ2v) is 8.36. The minimum absolute atomic E-state index is 0.0671. The summed E-state index contributed by atoms with van der Waals surface area (Å²) in [6.07, 6.45) is 2.91. The van der Waals surface area contributed by atoms with Gasteiger partial charge in [0.25, 0.3) is 0 Å². The molecule has 1 aliphatic heterocycles.